The molecule has 0 saturated carbocycles. The van der Waals surface area contributed by atoms with Crippen LogP contribution in [0.1, 0.15) is 22.3 Å². The molecule has 12 rings (SSSR count). The van der Waals surface area contributed by atoms with Crippen LogP contribution >= 0.6 is 11.8 Å². The Morgan fingerprint density at radius 2 is 0.943 bits per heavy atom. The first-order valence-corrected chi connectivity index (χ1v) is 19.2. The SMILES string of the molecule is c1ccc2c(c1)Sc1c(ccc3c1c1c4ccccc4ccc1n3-c1ccc(-c3cccc4ccccc34)cc1)C21c2ccccc2-c2ccccc21. The number of fused-ring (bicyclic) bond motifs is 16. The lowest BCUT2D eigenvalue weighted by atomic mass is 9.67. The minimum absolute atomic E-state index is 0.419. The fourth-order valence-corrected chi connectivity index (χ4v) is 11.1. The Morgan fingerprint density at radius 1 is 0.377 bits per heavy atom. The highest BCUT2D eigenvalue weighted by Crippen LogP contribution is 2.63. The minimum atomic E-state index is -0.419. The van der Waals surface area contributed by atoms with Gasteiger partial charge in [0.25, 0.3) is 0 Å². The summed E-state index contributed by atoms with van der Waals surface area (Å²) in [6, 6.07) is 70.1. The molecule has 0 saturated heterocycles. The molecule has 1 spiro atoms. The molecule has 0 fully saturated rings. The molecule has 2 heterocycles. The van der Waals surface area contributed by atoms with E-state index in [0.717, 1.165) is 5.69 Å². The summed E-state index contributed by atoms with van der Waals surface area (Å²) >= 11 is 1.94. The normalized spacial score (nSPS) is 13.7. The topological polar surface area (TPSA) is 4.93 Å². The molecule has 0 unspecified atom stereocenters. The first-order chi connectivity index (χ1) is 26.3. The van der Waals surface area contributed by atoms with Gasteiger partial charge in [-0.3, -0.25) is 0 Å². The summed E-state index contributed by atoms with van der Waals surface area (Å²) in [5.41, 5.74) is 13.8. The van der Waals surface area contributed by atoms with Crippen molar-refractivity contribution in [1.29, 1.82) is 0 Å². The van der Waals surface area contributed by atoms with Crippen LogP contribution in [0.3, 0.4) is 0 Å². The lowest BCUT2D eigenvalue weighted by molar-refractivity contribution is 0.726. The fourth-order valence-electron chi connectivity index (χ4n) is 9.72. The van der Waals surface area contributed by atoms with E-state index in [0.29, 0.717) is 0 Å². The van der Waals surface area contributed by atoms with Crippen LogP contribution < -0.4 is 0 Å². The zero-order valence-electron chi connectivity index (χ0n) is 28.8. The molecule has 2 aliphatic rings. The van der Waals surface area contributed by atoms with Crippen LogP contribution in [0.2, 0.25) is 0 Å². The molecule has 10 aromatic rings. The fraction of sp³-hybridized carbons (Fsp3) is 0.0196. The predicted octanol–water partition coefficient (Wildman–Crippen LogP) is 13.6. The van der Waals surface area contributed by atoms with Crippen molar-refractivity contribution in [3.05, 3.63) is 210 Å². The summed E-state index contributed by atoms with van der Waals surface area (Å²) in [4.78, 5) is 2.67. The molecule has 246 valence electrons. The Labute approximate surface area is 311 Å². The highest BCUT2D eigenvalue weighted by molar-refractivity contribution is 7.99. The van der Waals surface area contributed by atoms with Gasteiger partial charge in [0.15, 0.2) is 0 Å². The molecule has 0 atom stereocenters. The third kappa shape index (κ3) is 3.83. The van der Waals surface area contributed by atoms with E-state index in [1.165, 1.54) is 97.6 Å². The number of nitrogens with zero attached hydrogens (tertiary/aromatic N) is 1. The largest absolute Gasteiger partial charge is 0.309 e. The van der Waals surface area contributed by atoms with Crippen LogP contribution in [-0.4, -0.2) is 4.57 Å². The first-order valence-electron chi connectivity index (χ1n) is 18.4. The van der Waals surface area contributed by atoms with Gasteiger partial charge in [0.2, 0.25) is 0 Å². The highest BCUT2D eigenvalue weighted by Gasteiger charge is 2.50. The Balaban J connectivity index is 1.18. The molecule has 2 heteroatoms. The van der Waals surface area contributed by atoms with Gasteiger partial charge in [-0.05, 0) is 96.4 Å². The van der Waals surface area contributed by atoms with Crippen molar-refractivity contribution in [2.24, 2.45) is 0 Å². The standard InChI is InChI=1S/C51H31NS/c1-3-15-36-32(12-1)14-11-19-37(36)34-24-27-35(28-25-34)52-45-30-26-33-13-2-4-16-38(33)48(45)49-46(52)31-29-44-50(49)53-47-23-10-9-22-43(47)51(44)41-20-7-5-17-39(41)40-18-6-8-21-42(40)51/h1-31H. The van der Waals surface area contributed by atoms with E-state index >= 15 is 0 Å². The number of hydrogen-bond donors (Lipinski definition) is 0. The highest BCUT2D eigenvalue weighted by atomic mass is 32.2. The average molecular weight is 690 g/mol. The van der Waals surface area contributed by atoms with E-state index in [1.807, 2.05) is 11.8 Å². The quantitative estimate of drug-likeness (QED) is 0.175. The molecule has 1 aliphatic carbocycles. The van der Waals surface area contributed by atoms with Crippen LogP contribution in [0.5, 0.6) is 0 Å². The van der Waals surface area contributed by atoms with E-state index in [9.17, 15) is 0 Å². The Morgan fingerprint density at radius 3 is 1.72 bits per heavy atom. The number of hydrogen-bond acceptors (Lipinski definition) is 1. The molecular formula is C51H31NS. The van der Waals surface area contributed by atoms with Crippen molar-refractivity contribution >= 4 is 55.1 Å². The van der Waals surface area contributed by atoms with Gasteiger partial charge in [-0.2, -0.15) is 0 Å². The molecule has 1 nitrogen and oxygen atoms in total. The maximum absolute atomic E-state index is 2.49. The van der Waals surface area contributed by atoms with Crippen LogP contribution in [0, 0.1) is 0 Å². The van der Waals surface area contributed by atoms with E-state index in [2.05, 4.69) is 193 Å². The van der Waals surface area contributed by atoms with Crippen molar-refractivity contribution in [3.8, 4) is 27.9 Å². The number of rotatable bonds is 2. The molecule has 0 amide bonds. The van der Waals surface area contributed by atoms with Crippen molar-refractivity contribution < 1.29 is 0 Å². The second-order valence-electron chi connectivity index (χ2n) is 14.4. The second kappa shape index (κ2) is 10.8. The number of aromatic nitrogens is 1. The molecular weight excluding hydrogens is 659 g/mol. The second-order valence-corrected chi connectivity index (χ2v) is 15.4. The van der Waals surface area contributed by atoms with E-state index in [4.69, 9.17) is 0 Å². The van der Waals surface area contributed by atoms with Gasteiger partial charge in [-0.15, -0.1) is 0 Å². The molecule has 0 N–H and O–H groups in total. The summed E-state index contributed by atoms with van der Waals surface area (Å²) in [6.07, 6.45) is 0. The summed E-state index contributed by atoms with van der Waals surface area (Å²) in [7, 11) is 0. The van der Waals surface area contributed by atoms with Crippen molar-refractivity contribution in [3.63, 3.8) is 0 Å². The Bertz CT molecular complexity index is 3100. The number of benzene rings is 9. The van der Waals surface area contributed by atoms with Crippen molar-refractivity contribution in [2.75, 3.05) is 0 Å². The van der Waals surface area contributed by atoms with E-state index in [-0.39, 0.29) is 0 Å². The maximum atomic E-state index is 2.49. The summed E-state index contributed by atoms with van der Waals surface area (Å²) < 4.78 is 2.49. The third-order valence-electron chi connectivity index (χ3n) is 11.9. The van der Waals surface area contributed by atoms with Gasteiger partial charge in [-0.25, -0.2) is 0 Å². The van der Waals surface area contributed by atoms with Gasteiger partial charge in [0.05, 0.1) is 16.4 Å². The zero-order valence-corrected chi connectivity index (χ0v) is 29.6. The van der Waals surface area contributed by atoms with Gasteiger partial charge in [0.1, 0.15) is 0 Å². The van der Waals surface area contributed by atoms with Crippen LogP contribution in [0.4, 0.5) is 0 Å². The summed E-state index contributed by atoms with van der Waals surface area (Å²) in [6.45, 7) is 0. The van der Waals surface area contributed by atoms with Crippen LogP contribution in [0.15, 0.2) is 198 Å². The lowest BCUT2D eigenvalue weighted by Crippen LogP contribution is -2.32. The predicted molar refractivity (Wildman–Crippen MR) is 223 cm³/mol. The minimum Gasteiger partial charge on any atom is -0.309 e. The monoisotopic (exact) mass is 689 g/mol. The van der Waals surface area contributed by atoms with Crippen molar-refractivity contribution in [2.45, 2.75) is 15.2 Å². The molecule has 53 heavy (non-hydrogen) atoms. The zero-order chi connectivity index (χ0) is 34.7. The van der Waals surface area contributed by atoms with Gasteiger partial charge >= 0.3 is 0 Å². The van der Waals surface area contributed by atoms with Crippen LogP contribution in [-0.2, 0) is 5.41 Å². The molecule has 1 aliphatic heterocycles. The van der Waals surface area contributed by atoms with Gasteiger partial charge in [0, 0.05) is 26.3 Å². The Hall–Kier alpha value is -6.35. The van der Waals surface area contributed by atoms with Crippen LogP contribution in [0.25, 0.3) is 71.3 Å². The average Bonchev–Trinajstić information content (AvgIpc) is 3.73. The van der Waals surface area contributed by atoms with E-state index < -0.39 is 5.41 Å². The molecule has 1 aromatic heterocycles. The maximum Gasteiger partial charge on any atom is 0.0735 e. The Kier molecular flexibility index (Phi) is 5.98. The summed E-state index contributed by atoms with van der Waals surface area (Å²) in [5.74, 6) is 0. The molecule has 0 bridgehead atoms. The van der Waals surface area contributed by atoms with E-state index in [1.54, 1.807) is 0 Å². The summed E-state index contributed by atoms with van der Waals surface area (Å²) in [5, 5.41) is 7.73. The third-order valence-corrected chi connectivity index (χ3v) is 13.1. The molecule has 0 radical (unpaired) electrons. The van der Waals surface area contributed by atoms with Gasteiger partial charge in [-0.1, -0.05) is 169 Å². The lowest BCUT2D eigenvalue weighted by Gasteiger charge is -2.40. The smallest absolute Gasteiger partial charge is 0.0735 e. The van der Waals surface area contributed by atoms with Crippen molar-refractivity contribution in [1.82, 2.24) is 4.57 Å². The molecule has 9 aromatic carbocycles. The van der Waals surface area contributed by atoms with Gasteiger partial charge < -0.3 is 4.57 Å². The first kappa shape index (κ1) is 29.3.